The van der Waals surface area contributed by atoms with Gasteiger partial charge in [0, 0.05) is 32.4 Å². The van der Waals surface area contributed by atoms with Gasteiger partial charge < -0.3 is 11.1 Å². The van der Waals surface area contributed by atoms with Crippen LogP contribution in [0.2, 0.25) is 0 Å². The van der Waals surface area contributed by atoms with Gasteiger partial charge in [0.25, 0.3) is 0 Å². The molecule has 3 rings (SSSR count). The zero-order valence-corrected chi connectivity index (χ0v) is 14.3. The third kappa shape index (κ3) is 4.84. The Morgan fingerprint density at radius 2 is 2.13 bits per heavy atom. The Bertz CT molecular complexity index is 597. The van der Waals surface area contributed by atoms with Crippen molar-refractivity contribution in [2.45, 2.75) is 31.8 Å². The van der Waals surface area contributed by atoms with E-state index in [1.54, 1.807) is 0 Å². The molecule has 1 saturated heterocycles. The summed E-state index contributed by atoms with van der Waals surface area (Å²) in [4.78, 5) is 6.65. The van der Waals surface area contributed by atoms with E-state index < -0.39 is 0 Å². The molecule has 0 aromatic carbocycles. The van der Waals surface area contributed by atoms with E-state index in [0.717, 1.165) is 31.7 Å². The Kier molecular flexibility index (Phi) is 6.24. The van der Waals surface area contributed by atoms with Gasteiger partial charge in [0.1, 0.15) is 5.82 Å². The minimum Gasteiger partial charge on any atom is -0.384 e. The lowest BCUT2D eigenvalue weighted by Crippen LogP contribution is -2.27. The molecule has 0 amide bonds. The van der Waals surface area contributed by atoms with Gasteiger partial charge in [-0.1, -0.05) is 0 Å². The number of rotatable bonds is 4. The molecule has 6 nitrogen and oxygen atoms in total. The molecule has 0 saturated carbocycles. The first-order valence-corrected chi connectivity index (χ1v) is 7.88. The quantitative estimate of drug-likeness (QED) is 0.896. The first kappa shape index (κ1) is 17.6. The predicted molar refractivity (Wildman–Crippen MR) is 95.6 cm³/mol. The van der Waals surface area contributed by atoms with Crippen LogP contribution in [0, 0.1) is 0 Å². The van der Waals surface area contributed by atoms with Gasteiger partial charge >= 0.3 is 0 Å². The number of aryl methyl sites for hydroxylation is 1. The number of nitrogens with zero attached hydrogens (tertiary/aromatic N) is 4. The van der Waals surface area contributed by atoms with Gasteiger partial charge in [0.05, 0.1) is 17.6 Å². The average Bonchev–Trinajstić information content (AvgIpc) is 2.78. The van der Waals surface area contributed by atoms with E-state index in [9.17, 15) is 0 Å². The number of likely N-dealkylation sites (tertiary alicyclic amines) is 1. The van der Waals surface area contributed by atoms with Gasteiger partial charge in [0.2, 0.25) is 0 Å². The highest BCUT2D eigenvalue weighted by Crippen LogP contribution is 2.18. The molecule has 0 bridgehead atoms. The largest absolute Gasteiger partial charge is 0.384 e. The van der Waals surface area contributed by atoms with E-state index in [-0.39, 0.29) is 12.4 Å². The number of nitrogen functional groups attached to an aromatic ring is 1. The van der Waals surface area contributed by atoms with Crippen LogP contribution < -0.4 is 11.1 Å². The summed E-state index contributed by atoms with van der Waals surface area (Å²) in [7, 11) is 2.01. The minimum atomic E-state index is 0. The van der Waals surface area contributed by atoms with Crippen molar-refractivity contribution in [2.24, 2.45) is 7.05 Å². The zero-order valence-electron chi connectivity index (χ0n) is 13.5. The number of anilines is 2. The van der Waals surface area contributed by atoms with Crippen LogP contribution in [0.1, 0.15) is 25.0 Å². The molecule has 1 unspecified atom stereocenters. The van der Waals surface area contributed by atoms with E-state index >= 15 is 0 Å². The molecule has 3 heterocycles. The second-order valence-electron chi connectivity index (χ2n) is 5.97. The van der Waals surface area contributed by atoms with Crippen LogP contribution in [-0.2, 0) is 13.6 Å². The Hall–Kier alpha value is -1.79. The van der Waals surface area contributed by atoms with Crippen LogP contribution >= 0.6 is 12.4 Å². The molecule has 0 spiro atoms. The lowest BCUT2D eigenvalue weighted by Gasteiger charge is -2.20. The molecule has 1 aliphatic rings. The molecular weight excluding hydrogens is 312 g/mol. The molecule has 0 radical (unpaired) electrons. The summed E-state index contributed by atoms with van der Waals surface area (Å²) in [5.41, 5.74) is 7.95. The molecule has 126 valence electrons. The molecule has 0 aliphatic carbocycles. The molecule has 2 aromatic heterocycles. The summed E-state index contributed by atoms with van der Waals surface area (Å²) in [6.45, 7) is 3.22. The number of hydrogen-bond donors (Lipinski definition) is 2. The summed E-state index contributed by atoms with van der Waals surface area (Å²) in [5.74, 6) is 0.564. The third-order valence-electron chi connectivity index (χ3n) is 4.29. The van der Waals surface area contributed by atoms with E-state index in [2.05, 4.69) is 26.4 Å². The first-order valence-electron chi connectivity index (χ1n) is 7.88. The smallest absolute Gasteiger partial charge is 0.123 e. The molecule has 3 N–H and O–H groups in total. The Morgan fingerprint density at radius 1 is 1.26 bits per heavy atom. The topological polar surface area (TPSA) is 72.0 Å². The standard InChI is InChI=1S/C16H24N6.ClH/c1-21-15(6-8-19-21)12-22-9-2-3-13(7-10-22)20-14-4-5-16(17)18-11-14;/h4-6,8,11,13,20H,2-3,7,9-10,12H2,1H3,(H2,17,18);1H. The van der Waals surface area contributed by atoms with Crippen molar-refractivity contribution >= 4 is 23.9 Å². The van der Waals surface area contributed by atoms with Crippen LogP contribution in [0.5, 0.6) is 0 Å². The van der Waals surface area contributed by atoms with Crippen LogP contribution in [-0.4, -0.2) is 38.8 Å². The fraction of sp³-hybridized carbons (Fsp3) is 0.500. The van der Waals surface area contributed by atoms with Crippen molar-refractivity contribution in [2.75, 3.05) is 24.1 Å². The lowest BCUT2D eigenvalue weighted by molar-refractivity contribution is 0.269. The van der Waals surface area contributed by atoms with E-state index in [0.29, 0.717) is 11.9 Å². The molecule has 1 fully saturated rings. The molecule has 2 aromatic rings. The SMILES string of the molecule is Cl.Cn1nccc1CN1CCCC(Nc2ccc(N)nc2)CC1. The highest BCUT2D eigenvalue weighted by molar-refractivity contribution is 5.85. The fourth-order valence-electron chi connectivity index (χ4n) is 2.97. The summed E-state index contributed by atoms with van der Waals surface area (Å²) < 4.78 is 1.96. The maximum atomic E-state index is 5.63. The zero-order chi connectivity index (χ0) is 15.4. The molecule has 1 atom stereocenters. The van der Waals surface area contributed by atoms with Gasteiger partial charge in [0.15, 0.2) is 0 Å². The normalized spacial score (nSPS) is 18.9. The van der Waals surface area contributed by atoms with Gasteiger partial charge in [-0.05, 0) is 44.0 Å². The van der Waals surface area contributed by atoms with Gasteiger partial charge in [-0.15, -0.1) is 12.4 Å². The Balaban J connectivity index is 0.00000192. The average molecular weight is 337 g/mol. The Morgan fingerprint density at radius 3 is 2.83 bits per heavy atom. The fourth-order valence-corrected chi connectivity index (χ4v) is 2.97. The number of aromatic nitrogens is 3. The highest BCUT2D eigenvalue weighted by Gasteiger charge is 2.17. The summed E-state index contributed by atoms with van der Waals surface area (Å²) in [6, 6.07) is 6.44. The van der Waals surface area contributed by atoms with Crippen LogP contribution in [0.15, 0.2) is 30.6 Å². The number of hydrogen-bond acceptors (Lipinski definition) is 5. The number of nitrogens with two attached hydrogens (primary N) is 1. The maximum Gasteiger partial charge on any atom is 0.123 e. The van der Waals surface area contributed by atoms with Crippen molar-refractivity contribution in [1.29, 1.82) is 0 Å². The second kappa shape index (κ2) is 8.17. The number of nitrogens with one attached hydrogen (secondary N) is 1. The van der Waals surface area contributed by atoms with Crippen LogP contribution in [0.3, 0.4) is 0 Å². The van der Waals surface area contributed by atoms with E-state index in [1.807, 2.05) is 36.3 Å². The van der Waals surface area contributed by atoms with Gasteiger partial charge in [-0.25, -0.2) is 4.98 Å². The highest BCUT2D eigenvalue weighted by atomic mass is 35.5. The van der Waals surface area contributed by atoms with Crippen LogP contribution in [0.4, 0.5) is 11.5 Å². The monoisotopic (exact) mass is 336 g/mol. The van der Waals surface area contributed by atoms with Crippen molar-refractivity contribution in [3.63, 3.8) is 0 Å². The minimum absolute atomic E-state index is 0. The predicted octanol–water partition coefficient (Wildman–Crippen LogP) is 2.29. The maximum absolute atomic E-state index is 5.63. The number of halogens is 1. The molecule has 23 heavy (non-hydrogen) atoms. The molecule has 7 heteroatoms. The van der Waals surface area contributed by atoms with Crippen molar-refractivity contribution in [1.82, 2.24) is 19.7 Å². The Labute approximate surface area is 143 Å². The van der Waals surface area contributed by atoms with Gasteiger partial charge in [-0.3, -0.25) is 9.58 Å². The van der Waals surface area contributed by atoms with Crippen molar-refractivity contribution < 1.29 is 0 Å². The molecule has 1 aliphatic heterocycles. The van der Waals surface area contributed by atoms with Crippen LogP contribution in [0.25, 0.3) is 0 Å². The third-order valence-corrected chi connectivity index (χ3v) is 4.29. The summed E-state index contributed by atoms with van der Waals surface area (Å²) in [5, 5.41) is 7.82. The van der Waals surface area contributed by atoms with E-state index in [1.165, 1.54) is 18.5 Å². The first-order chi connectivity index (χ1) is 10.7. The van der Waals surface area contributed by atoms with Crippen molar-refractivity contribution in [3.8, 4) is 0 Å². The van der Waals surface area contributed by atoms with E-state index in [4.69, 9.17) is 5.73 Å². The van der Waals surface area contributed by atoms with Crippen molar-refractivity contribution in [3.05, 3.63) is 36.3 Å². The summed E-state index contributed by atoms with van der Waals surface area (Å²) >= 11 is 0. The van der Waals surface area contributed by atoms with Gasteiger partial charge in [-0.2, -0.15) is 5.10 Å². The summed E-state index contributed by atoms with van der Waals surface area (Å²) in [6.07, 6.45) is 7.21. The number of pyridine rings is 1. The second-order valence-corrected chi connectivity index (χ2v) is 5.97. The molecular formula is C16H25ClN6. The lowest BCUT2D eigenvalue weighted by atomic mass is 10.1.